The van der Waals surface area contributed by atoms with Crippen LogP contribution in [0.25, 0.3) is 16.6 Å². The zero-order valence-corrected chi connectivity index (χ0v) is 18.4. The van der Waals surface area contributed by atoms with E-state index >= 15 is 0 Å². The van der Waals surface area contributed by atoms with E-state index in [0.717, 1.165) is 52.2 Å². The maximum Gasteiger partial charge on any atom is 0.216 e. The van der Waals surface area contributed by atoms with E-state index in [-0.39, 0.29) is 5.25 Å². The van der Waals surface area contributed by atoms with Crippen LogP contribution in [0, 0.1) is 0 Å². The number of aromatic nitrogens is 3. The normalized spacial score (nSPS) is 19.3. The standard InChI is InChI=1S/C22H26N6O2S/c1-27(2)31(29,30)18-6-4-17(5-7-18)28-13-21-19(9-10-23-21)22(14-28)25-16-3-8-20-15(11-16)12-24-26-20/h3-4,8-12,14,18,23,25H,5-7,13H2,1-2H3,(H,24,26). The van der Waals surface area contributed by atoms with Gasteiger partial charge in [0, 0.05) is 54.5 Å². The van der Waals surface area contributed by atoms with Gasteiger partial charge in [-0.05, 0) is 43.5 Å². The smallest absolute Gasteiger partial charge is 0.216 e. The summed E-state index contributed by atoms with van der Waals surface area (Å²) in [5, 5.41) is 11.3. The third-order valence-corrected chi connectivity index (χ3v) is 8.38. The lowest BCUT2D eigenvalue weighted by molar-refractivity contribution is 0.407. The highest BCUT2D eigenvalue weighted by Crippen LogP contribution is 2.34. The van der Waals surface area contributed by atoms with Crippen LogP contribution in [0.4, 0.5) is 5.69 Å². The summed E-state index contributed by atoms with van der Waals surface area (Å²) in [4.78, 5) is 5.57. The second kappa shape index (κ2) is 7.58. The molecule has 1 atom stereocenters. The SMILES string of the molecule is CN(C)S(=O)(=O)C1CC=C(N2C=C(Nc3ccc4[nH]ncc4c3)c3cc[nH]c3C2)CC1. The summed E-state index contributed by atoms with van der Waals surface area (Å²) in [6, 6.07) is 8.19. The number of sulfonamides is 1. The maximum absolute atomic E-state index is 12.5. The fourth-order valence-electron chi connectivity index (χ4n) is 4.31. The van der Waals surface area contributed by atoms with Crippen LogP contribution in [0.5, 0.6) is 0 Å². The summed E-state index contributed by atoms with van der Waals surface area (Å²) in [7, 11) is -0.0204. The van der Waals surface area contributed by atoms with Crippen molar-refractivity contribution in [2.45, 2.75) is 31.1 Å². The van der Waals surface area contributed by atoms with Crippen molar-refractivity contribution in [2.24, 2.45) is 0 Å². The molecule has 3 N–H and O–H groups in total. The lowest BCUT2D eigenvalue weighted by Crippen LogP contribution is -2.35. The molecule has 0 saturated carbocycles. The van der Waals surface area contributed by atoms with Crippen molar-refractivity contribution in [1.29, 1.82) is 0 Å². The van der Waals surface area contributed by atoms with Gasteiger partial charge in [0.1, 0.15) is 0 Å². The summed E-state index contributed by atoms with van der Waals surface area (Å²) >= 11 is 0. The fourth-order valence-corrected chi connectivity index (χ4v) is 5.67. The van der Waals surface area contributed by atoms with E-state index in [1.54, 1.807) is 14.1 Å². The number of nitrogens with zero attached hydrogens (tertiary/aromatic N) is 3. The molecule has 1 unspecified atom stereocenters. The van der Waals surface area contributed by atoms with Crippen molar-refractivity contribution in [3.05, 3.63) is 65.9 Å². The zero-order valence-electron chi connectivity index (χ0n) is 17.6. The van der Waals surface area contributed by atoms with Crippen LogP contribution in [-0.2, 0) is 16.6 Å². The quantitative estimate of drug-likeness (QED) is 0.567. The Morgan fingerprint density at radius 2 is 2.13 bits per heavy atom. The first kappa shape index (κ1) is 19.9. The molecule has 3 aromatic rings. The Morgan fingerprint density at radius 3 is 2.90 bits per heavy atom. The van der Waals surface area contributed by atoms with Gasteiger partial charge in [0.05, 0.1) is 29.2 Å². The summed E-state index contributed by atoms with van der Waals surface area (Å²) in [6.07, 6.45) is 9.88. The third kappa shape index (κ3) is 3.64. The predicted molar refractivity (Wildman–Crippen MR) is 122 cm³/mol. The number of H-pyrrole nitrogens is 2. The summed E-state index contributed by atoms with van der Waals surface area (Å²) in [6.45, 7) is 0.741. The van der Waals surface area contributed by atoms with Crippen LogP contribution in [0.15, 0.2) is 54.6 Å². The van der Waals surface area contributed by atoms with Gasteiger partial charge in [-0.15, -0.1) is 0 Å². The van der Waals surface area contributed by atoms with E-state index in [0.29, 0.717) is 12.8 Å². The third-order valence-electron chi connectivity index (χ3n) is 6.09. The molecule has 2 aliphatic rings. The molecular weight excluding hydrogens is 412 g/mol. The van der Waals surface area contributed by atoms with E-state index in [1.807, 2.05) is 24.5 Å². The first-order chi connectivity index (χ1) is 14.9. The van der Waals surface area contributed by atoms with Crippen molar-refractivity contribution < 1.29 is 8.42 Å². The molecule has 1 aromatic carbocycles. The zero-order chi connectivity index (χ0) is 21.6. The molecule has 0 bridgehead atoms. The monoisotopic (exact) mass is 438 g/mol. The van der Waals surface area contributed by atoms with Crippen LogP contribution in [0.2, 0.25) is 0 Å². The highest BCUT2D eigenvalue weighted by Gasteiger charge is 2.31. The molecule has 5 rings (SSSR count). The van der Waals surface area contributed by atoms with Gasteiger partial charge in [0.2, 0.25) is 10.0 Å². The second-order valence-corrected chi connectivity index (χ2v) is 10.7. The lowest BCUT2D eigenvalue weighted by Gasteiger charge is -2.33. The molecule has 1 aliphatic heterocycles. The number of fused-ring (bicyclic) bond motifs is 2. The van der Waals surface area contributed by atoms with E-state index in [1.165, 1.54) is 4.31 Å². The number of hydrogen-bond donors (Lipinski definition) is 3. The Balaban J connectivity index is 1.41. The van der Waals surface area contributed by atoms with E-state index in [9.17, 15) is 8.42 Å². The van der Waals surface area contributed by atoms with Crippen LogP contribution in [0.3, 0.4) is 0 Å². The Bertz CT molecular complexity index is 1280. The van der Waals surface area contributed by atoms with Gasteiger partial charge in [0.25, 0.3) is 0 Å². The lowest BCUT2D eigenvalue weighted by atomic mass is 10.0. The molecule has 1 aliphatic carbocycles. The van der Waals surface area contributed by atoms with E-state index in [2.05, 4.69) is 49.8 Å². The van der Waals surface area contributed by atoms with E-state index < -0.39 is 10.0 Å². The van der Waals surface area contributed by atoms with Gasteiger partial charge in [-0.2, -0.15) is 5.10 Å². The number of benzene rings is 1. The molecule has 9 heteroatoms. The number of aromatic amines is 2. The van der Waals surface area contributed by atoms with Crippen molar-refractivity contribution >= 4 is 32.3 Å². The van der Waals surface area contributed by atoms with Gasteiger partial charge in [-0.1, -0.05) is 6.08 Å². The van der Waals surface area contributed by atoms with Gasteiger partial charge in [-0.3, -0.25) is 5.10 Å². The topological polar surface area (TPSA) is 97.1 Å². The average Bonchev–Trinajstić information content (AvgIpc) is 3.42. The van der Waals surface area contributed by atoms with Gasteiger partial charge >= 0.3 is 0 Å². The van der Waals surface area contributed by atoms with Crippen molar-refractivity contribution in [3.63, 3.8) is 0 Å². The maximum atomic E-state index is 12.5. The van der Waals surface area contributed by atoms with Gasteiger partial charge < -0.3 is 15.2 Å². The number of nitrogens with one attached hydrogen (secondary N) is 3. The minimum Gasteiger partial charge on any atom is -0.363 e. The summed E-state index contributed by atoms with van der Waals surface area (Å²) < 4.78 is 26.3. The first-order valence-corrected chi connectivity index (χ1v) is 11.9. The molecule has 0 spiro atoms. The van der Waals surface area contributed by atoms with Crippen LogP contribution in [0.1, 0.15) is 30.5 Å². The molecule has 0 amide bonds. The minimum absolute atomic E-state index is 0.347. The molecule has 2 aromatic heterocycles. The Hall–Kier alpha value is -3.04. The molecule has 3 heterocycles. The molecule has 162 valence electrons. The molecular formula is C22H26N6O2S. The van der Waals surface area contributed by atoms with Gasteiger partial charge in [0.15, 0.2) is 0 Å². The van der Waals surface area contributed by atoms with Crippen LogP contribution in [-0.4, -0.2) is 52.1 Å². The second-order valence-electron chi connectivity index (χ2n) is 8.26. The summed E-state index contributed by atoms with van der Waals surface area (Å²) in [5.41, 5.74) is 6.45. The van der Waals surface area contributed by atoms with Crippen LogP contribution >= 0.6 is 0 Å². The largest absolute Gasteiger partial charge is 0.363 e. The number of hydrogen-bond acceptors (Lipinski definition) is 5. The van der Waals surface area contributed by atoms with Crippen LogP contribution < -0.4 is 5.32 Å². The number of anilines is 1. The molecule has 8 nitrogen and oxygen atoms in total. The Kier molecular flexibility index (Phi) is 4.86. The first-order valence-electron chi connectivity index (χ1n) is 10.4. The van der Waals surface area contributed by atoms with Gasteiger partial charge in [-0.25, -0.2) is 12.7 Å². The molecule has 31 heavy (non-hydrogen) atoms. The molecule has 0 radical (unpaired) electrons. The predicted octanol–water partition coefficient (Wildman–Crippen LogP) is 3.44. The average molecular weight is 439 g/mol. The highest BCUT2D eigenvalue weighted by molar-refractivity contribution is 7.89. The van der Waals surface area contributed by atoms with E-state index in [4.69, 9.17) is 0 Å². The van der Waals surface area contributed by atoms with Crippen molar-refractivity contribution in [1.82, 2.24) is 24.4 Å². The summed E-state index contributed by atoms with van der Waals surface area (Å²) in [5.74, 6) is 0. The number of allylic oxidation sites excluding steroid dienone is 2. The number of rotatable bonds is 5. The Morgan fingerprint density at radius 1 is 1.26 bits per heavy atom. The minimum atomic E-state index is -3.23. The van der Waals surface area contributed by atoms with Crippen molar-refractivity contribution in [2.75, 3.05) is 19.4 Å². The molecule has 0 saturated heterocycles. The highest BCUT2D eigenvalue weighted by atomic mass is 32.2. The molecule has 0 fully saturated rings. The Labute approximate surface area is 181 Å². The fraction of sp³-hybridized carbons (Fsp3) is 0.318. The van der Waals surface area contributed by atoms with Crippen molar-refractivity contribution in [3.8, 4) is 0 Å².